The van der Waals surface area contributed by atoms with Crippen molar-refractivity contribution in [2.24, 2.45) is 5.92 Å². The lowest BCUT2D eigenvalue weighted by molar-refractivity contribution is -0.142. The molecule has 0 aromatic heterocycles. The maximum Gasteiger partial charge on any atom is 0.308 e. The van der Waals surface area contributed by atoms with Crippen molar-refractivity contribution >= 4 is 23.5 Å². The minimum atomic E-state index is -0.906. The first-order valence-electron chi connectivity index (χ1n) is 6.64. The molecule has 0 aliphatic rings. The molecule has 1 aromatic carbocycles. The van der Waals surface area contributed by atoms with Crippen LogP contribution in [0.2, 0.25) is 5.02 Å². The SMILES string of the molecule is COc1ccc(CCC(=O)N(C)CC(C)C(=O)O)cc1Cl. The number of aliphatic carboxylic acids is 1. The van der Waals surface area contributed by atoms with Crippen molar-refractivity contribution in [2.45, 2.75) is 19.8 Å². The highest BCUT2D eigenvalue weighted by molar-refractivity contribution is 6.32. The van der Waals surface area contributed by atoms with Gasteiger partial charge in [0.2, 0.25) is 5.91 Å². The Morgan fingerprint density at radius 2 is 2.10 bits per heavy atom. The Balaban J connectivity index is 2.52. The summed E-state index contributed by atoms with van der Waals surface area (Å²) in [6.07, 6.45) is 0.861. The summed E-state index contributed by atoms with van der Waals surface area (Å²) in [6, 6.07) is 5.39. The summed E-state index contributed by atoms with van der Waals surface area (Å²) < 4.78 is 5.07. The fraction of sp³-hybridized carbons (Fsp3) is 0.467. The van der Waals surface area contributed by atoms with E-state index in [0.717, 1.165) is 5.56 Å². The number of benzene rings is 1. The molecular formula is C15H20ClNO4. The van der Waals surface area contributed by atoms with E-state index in [1.165, 1.54) is 4.90 Å². The molecule has 1 amide bonds. The van der Waals surface area contributed by atoms with Gasteiger partial charge in [-0.1, -0.05) is 24.6 Å². The monoisotopic (exact) mass is 313 g/mol. The number of nitrogens with zero attached hydrogens (tertiary/aromatic N) is 1. The molecule has 0 fully saturated rings. The fourth-order valence-corrected chi connectivity index (χ4v) is 2.18. The Labute approximate surface area is 129 Å². The molecule has 1 atom stereocenters. The average Bonchev–Trinajstić information content (AvgIpc) is 2.44. The van der Waals surface area contributed by atoms with Gasteiger partial charge in [-0.2, -0.15) is 0 Å². The number of hydrogen-bond acceptors (Lipinski definition) is 3. The number of carboxylic acids is 1. The van der Waals surface area contributed by atoms with E-state index in [1.807, 2.05) is 6.07 Å². The highest BCUT2D eigenvalue weighted by Gasteiger charge is 2.17. The molecule has 116 valence electrons. The summed E-state index contributed by atoms with van der Waals surface area (Å²) in [7, 11) is 3.16. The molecule has 0 radical (unpaired) electrons. The molecule has 0 aliphatic carbocycles. The lowest BCUT2D eigenvalue weighted by atomic mass is 10.1. The van der Waals surface area contributed by atoms with Crippen molar-refractivity contribution < 1.29 is 19.4 Å². The topological polar surface area (TPSA) is 66.8 Å². The van der Waals surface area contributed by atoms with Crippen molar-refractivity contribution in [3.05, 3.63) is 28.8 Å². The molecule has 1 unspecified atom stereocenters. The normalized spacial score (nSPS) is 11.8. The summed E-state index contributed by atoms with van der Waals surface area (Å²) in [5.74, 6) is -0.972. The number of carbonyl (C=O) groups excluding carboxylic acids is 1. The molecule has 5 nitrogen and oxygen atoms in total. The minimum absolute atomic E-state index is 0.0879. The van der Waals surface area contributed by atoms with Gasteiger partial charge < -0.3 is 14.7 Å². The van der Waals surface area contributed by atoms with Gasteiger partial charge >= 0.3 is 5.97 Å². The van der Waals surface area contributed by atoms with Gasteiger partial charge in [0.1, 0.15) is 5.75 Å². The predicted octanol–water partition coefficient (Wildman–Crippen LogP) is 2.46. The second-order valence-electron chi connectivity index (χ2n) is 4.98. The number of methoxy groups -OCH3 is 1. The molecule has 0 heterocycles. The zero-order chi connectivity index (χ0) is 16.0. The number of ether oxygens (including phenoxy) is 1. The van der Waals surface area contributed by atoms with E-state index in [9.17, 15) is 9.59 Å². The third kappa shape index (κ3) is 5.27. The zero-order valence-electron chi connectivity index (χ0n) is 12.4. The first-order chi connectivity index (χ1) is 9.85. The molecule has 21 heavy (non-hydrogen) atoms. The second-order valence-corrected chi connectivity index (χ2v) is 5.39. The van der Waals surface area contributed by atoms with Crippen LogP contribution in [-0.2, 0) is 16.0 Å². The first kappa shape index (κ1) is 17.3. The second kappa shape index (κ2) is 7.88. The molecule has 0 bridgehead atoms. The quantitative estimate of drug-likeness (QED) is 0.839. The van der Waals surface area contributed by atoms with Crippen LogP contribution in [0.25, 0.3) is 0 Å². The molecular weight excluding hydrogens is 294 g/mol. The van der Waals surface area contributed by atoms with Crippen LogP contribution in [0.1, 0.15) is 18.9 Å². The van der Waals surface area contributed by atoms with Crippen LogP contribution in [0.5, 0.6) is 5.75 Å². The number of rotatable bonds is 7. The van der Waals surface area contributed by atoms with Gasteiger partial charge in [-0.3, -0.25) is 9.59 Å². The number of halogens is 1. The molecule has 0 saturated heterocycles. The predicted molar refractivity (Wildman–Crippen MR) is 80.8 cm³/mol. The Morgan fingerprint density at radius 1 is 1.43 bits per heavy atom. The number of hydrogen-bond donors (Lipinski definition) is 1. The van der Waals surface area contributed by atoms with Crippen LogP contribution < -0.4 is 4.74 Å². The Kier molecular flexibility index (Phi) is 6.49. The summed E-state index contributed by atoms with van der Waals surface area (Å²) >= 11 is 6.03. The number of amides is 1. The fourth-order valence-electron chi connectivity index (χ4n) is 1.90. The standard InChI is InChI=1S/C15H20ClNO4/c1-10(15(19)20)9-17(2)14(18)7-5-11-4-6-13(21-3)12(16)8-11/h4,6,8,10H,5,7,9H2,1-3H3,(H,19,20). The molecule has 0 saturated carbocycles. The van der Waals surface area contributed by atoms with Gasteiger partial charge in [0.25, 0.3) is 0 Å². The van der Waals surface area contributed by atoms with E-state index < -0.39 is 11.9 Å². The molecule has 1 aromatic rings. The Hall–Kier alpha value is -1.75. The van der Waals surface area contributed by atoms with Crippen LogP contribution in [0.4, 0.5) is 0 Å². The van der Waals surface area contributed by atoms with E-state index in [1.54, 1.807) is 33.2 Å². The van der Waals surface area contributed by atoms with Gasteiger partial charge in [0.15, 0.2) is 0 Å². The van der Waals surface area contributed by atoms with Crippen LogP contribution in [-0.4, -0.2) is 42.6 Å². The van der Waals surface area contributed by atoms with E-state index in [4.69, 9.17) is 21.4 Å². The van der Waals surface area contributed by atoms with Crippen molar-refractivity contribution in [1.82, 2.24) is 4.90 Å². The van der Waals surface area contributed by atoms with Gasteiger partial charge in [-0.15, -0.1) is 0 Å². The van der Waals surface area contributed by atoms with Crippen molar-refractivity contribution in [3.8, 4) is 5.75 Å². The van der Waals surface area contributed by atoms with Gasteiger partial charge in [-0.05, 0) is 24.1 Å². The van der Waals surface area contributed by atoms with Crippen LogP contribution in [0.15, 0.2) is 18.2 Å². The molecule has 0 aliphatic heterocycles. The number of aryl methyl sites for hydroxylation is 1. The molecule has 1 rings (SSSR count). The summed E-state index contributed by atoms with van der Waals surface area (Å²) in [6.45, 7) is 1.78. The lowest BCUT2D eigenvalue weighted by Crippen LogP contribution is -2.33. The highest BCUT2D eigenvalue weighted by Crippen LogP contribution is 2.25. The maximum atomic E-state index is 12.0. The highest BCUT2D eigenvalue weighted by atomic mass is 35.5. The van der Waals surface area contributed by atoms with E-state index in [0.29, 0.717) is 23.6 Å². The molecule has 0 spiro atoms. The summed E-state index contributed by atoms with van der Waals surface area (Å²) in [4.78, 5) is 24.2. The third-order valence-corrected chi connectivity index (χ3v) is 3.53. The van der Waals surface area contributed by atoms with E-state index >= 15 is 0 Å². The minimum Gasteiger partial charge on any atom is -0.495 e. The average molecular weight is 314 g/mol. The van der Waals surface area contributed by atoms with Crippen LogP contribution in [0, 0.1) is 5.92 Å². The van der Waals surface area contributed by atoms with Crippen LogP contribution >= 0.6 is 11.6 Å². The van der Waals surface area contributed by atoms with E-state index in [2.05, 4.69) is 0 Å². The molecule has 6 heteroatoms. The van der Waals surface area contributed by atoms with Crippen molar-refractivity contribution in [3.63, 3.8) is 0 Å². The largest absolute Gasteiger partial charge is 0.495 e. The number of carbonyl (C=O) groups is 2. The third-order valence-electron chi connectivity index (χ3n) is 3.24. The Bertz CT molecular complexity index is 518. The van der Waals surface area contributed by atoms with E-state index in [-0.39, 0.29) is 12.5 Å². The smallest absolute Gasteiger partial charge is 0.308 e. The zero-order valence-corrected chi connectivity index (χ0v) is 13.2. The molecule has 1 N–H and O–H groups in total. The number of carboxylic acid groups (broad SMARTS) is 1. The van der Waals surface area contributed by atoms with Gasteiger partial charge in [0, 0.05) is 20.0 Å². The first-order valence-corrected chi connectivity index (χ1v) is 7.02. The van der Waals surface area contributed by atoms with Crippen LogP contribution in [0.3, 0.4) is 0 Å². The maximum absolute atomic E-state index is 12.0. The van der Waals surface area contributed by atoms with Crippen molar-refractivity contribution in [1.29, 1.82) is 0 Å². The van der Waals surface area contributed by atoms with Crippen molar-refractivity contribution in [2.75, 3.05) is 20.7 Å². The van der Waals surface area contributed by atoms with Gasteiger partial charge in [-0.25, -0.2) is 0 Å². The van der Waals surface area contributed by atoms with Gasteiger partial charge in [0.05, 0.1) is 18.1 Å². The summed E-state index contributed by atoms with van der Waals surface area (Å²) in [5.41, 5.74) is 0.939. The lowest BCUT2D eigenvalue weighted by Gasteiger charge is -2.19. The summed E-state index contributed by atoms with van der Waals surface area (Å²) in [5, 5.41) is 9.35. The Morgan fingerprint density at radius 3 is 2.62 bits per heavy atom.